The third-order valence-corrected chi connectivity index (χ3v) is 8.26. The van der Waals surface area contributed by atoms with Crippen molar-refractivity contribution in [3.63, 3.8) is 0 Å². The first-order valence-corrected chi connectivity index (χ1v) is 14.5. The van der Waals surface area contributed by atoms with Gasteiger partial charge < -0.3 is 18.8 Å². The molecule has 0 amide bonds. The van der Waals surface area contributed by atoms with Gasteiger partial charge in [-0.25, -0.2) is 0 Å². The summed E-state index contributed by atoms with van der Waals surface area (Å²) in [5.41, 5.74) is 5.57. The van der Waals surface area contributed by atoms with Crippen LogP contribution in [0.2, 0.25) is 0 Å². The lowest BCUT2D eigenvalue weighted by Crippen LogP contribution is -2.39. The van der Waals surface area contributed by atoms with E-state index in [1.807, 2.05) is 113 Å². The van der Waals surface area contributed by atoms with Crippen LogP contribution in [-0.4, -0.2) is 77.9 Å². The molecule has 200 valence electrons. The lowest BCUT2D eigenvalue weighted by atomic mass is 9.94. The number of likely N-dealkylation sites (tertiary alicyclic amines) is 1. The molecule has 0 aromatic heterocycles. The number of anilines is 2. The summed E-state index contributed by atoms with van der Waals surface area (Å²) in [6.45, 7) is 5.74. The van der Waals surface area contributed by atoms with Gasteiger partial charge in [0.05, 0.1) is 19.4 Å². The topological polar surface area (TPSA) is 62.3 Å². The first kappa shape index (κ1) is 28.9. The van der Waals surface area contributed by atoms with E-state index >= 15 is 0 Å². The SMILES string of the molecule is CCOP(=O)(CCN1C/C(=C\c2ccc(N(C)C)cc2)C(=O)/C(=C/c2ccc(N(C)C)cc2)C1)OCC. The molecular weight excluding hydrogens is 485 g/mol. The molecule has 0 spiro atoms. The molecule has 2 aromatic carbocycles. The molecular formula is C29H40N3O4P. The van der Waals surface area contributed by atoms with Gasteiger partial charge in [-0.2, -0.15) is 0 Å². The Labute approximate surface area is 221 Å². The van der Waals surface area contributed by atoms with Crippen LogP contribution in [0.3, 0.4) is 0 Å². The maximum absolute atomic E-state index is 13.6. The number of rotatable bonds is 11. The minimum absolute atomic E-state index is 0.0439. The van der Waals surface area contributed by atoms with Crippen LogP contribution < -0.4 is 9.80 Å². The molecule has 1 aliphatic heterocycles. The van der Waals surface area contributed by atoms with Crippen molar-refractivity contribution >= 4 is 36.9 Å². The summed E-state index contributed by atoms with van der Waals surface area (Å²) < 4.78 is 24.0. The number of hydrogen-bond donors (Lipinski definition) is 0. The van der Waals surface area contributed by atoms with Crippen molar-refractivity contribution in [1.29, 1.82) is 0 Å². The molecule has 0 unspecified atom stereocenters. The van der Waals surface area contributed by atoms with E-state index in [2.05, 4.69) is 4.90 Å². The molecule has 0 bridgehead atoms. The van der Waals surface area contributed by atoms with Gasteiger partial charge in [0.1, 0.15) is 0 Å². The summed E-state index contributed by atoms with van der Waals surface area (Å²) >= 11 is 0. The Kier molecular flexibility index (Phi) is 10.3. The molecule has 1 saturated heterocycles. The molecule has 0 radical (unpaired) electrons. The van der Waals surface area contributed by atoms with Gasteiger partial charge in [-0.05, 0) is 61.4 Å². The Balaban J connectivity index is 1.90. The first-order valence-electron chi connectivity index (χ1n) is 12.7. The smallest absolute Gasteiger partial charge is 0.331 e. The van der Waals surface area contributed by atoms with E-state index in [0.29, 0.717) is 44.0 Å². The van der Waals surface area contributed by atoms with Crippen LogP contribution in [0.4, 0.5) is 11.4 Å². The van der Waals surface area contributed by atoms with Crippen LogP contribution >= 0.6 is 7.60 Å². The summed E-state index contributed by atoms with van der Waals surface area (Å²) in [4.78, 5) is 19.8. The predicted molar refractivity (Wildman–Crippen MR) is 155 cm³/mol. The quantitative estimate of drug-likeness (QED) is 0.286. The number of ketones is 1. The minimum atomic E-state index is -3.18. The van der Waals surface area contributed by atoms with Gasteiger partial charge in [-0.1, -0.05) is 24.3 Å². The lowest BCUT2D eigenvalue weighted by molar-refractivity contribution is -0.113. The van der Waals surface area contributed by atoms with Gasteiger partial charge in [-0.15, -0.1) is 0 Å². The summed E-state index contributed by atoms with van der Waals surface area (Å²) in [6, 6.07) is 16.3. The normalized spacial score (nSPS) is 17.0. The fourth-order valence-electron chi connectivity index (χ4n) is 4.23. The monoisotopic (exact) mass is 525 g/mol. The molecule has 7 nitrogen and oxygen atoms in total. The highest BCUT2D eigenvalue weighted by molar-refractivity contribution is 7.53. The standard InChI is InChI=1S/C29H40N3O4P/c1-7-35-37(34,36-8-2)18-17-32-21-25(19-23-9-13-27(14-10-23)30(3)4)29(33)26(22-32)20-24-11-15-28(16-12-24)31(5)6/h9-16,19-20H,7-8,17-18,21-22H2,1-6H3/b25-19+,26-20+. The minimum Gasteiger partial charge on any atom is -0.378 e. The highest BCUT2D eigenvalue weighted by Gasteiger charge is 2.30. The van der Waals surface area contributed by atoms with Crippen LogP contribution in [-0.2, 0) is 18.4 Å². The van der Waals surface area contributed by atoms with Gasteiger partial charge in [0.15, 0.2) is 5.78 Å². The van der Waals surface area contributed by atoms with Crippen LogP contribution in [0.5, 0.6) is 0 Å². The average Bonchev–Trinajstić information content (AvgIpc) is 2.86. The lowest BCUT2D eigenvalue weighted by Gasteiger charge is -2.30. The van der Waals surface area contributed by atoms with Crippen molar-refractivity contribution < 1.29 is 18.4 Å². The molecule has 0 N–H and O–H groups in total. The second kappa shape index (κ2) is 13.2. The number of piperidine rings is 1. The van der Waals surface area contributed by atoms with Crippen molar-refractivity contribution in [2.24, 2.45) is 0 Å². The van der Waals surface area contributed by atoms with Crippen LogP contribution in [0.1, 0.15) is 25.0 Å². The molecule has 1 fully saturated rings. The number of Topliss-reactive ketones (excluding diaryl/α,β-unsaturated/α-hetero) is 1. The van der Waals surface area contributed by atoms with Gasteiger partial charge in [0.25, 0.3) is 0 Å². The third kappa shape index (κ3) is 8.14. The van der Waals surface area contributed by atoms with Crippen molar-refractivity contribution in [1.82, 2.24) is 4.90 Å². The molecule has 8 heteroatoms. The summed E-state index contributed by atoms with van der Waals surface area (Å²) in [5, 5.41) is 0. The molecule has 1 aliphatic rings. The summed E-state index contributed by atoms with van der Waals surface area (Å²) in [5.74, 6) is 0.0439. The van der Waals surface area contributed by atoms with Gasteiger partial charge in [0.2, 0.25) is 0 Å². The number of hydrogen-bond acceptors (Lipinski definition) is 7. The van der Waals surface area contributed by atoms with Crippen LogP contribution in [0.15, 0.2) is 59.7 Å². The van der Waals surface area contributed by atoms with E-state index in [4.69, 9.17) is 9.05 Å². The molecule has 1 heterocycles. The van der Waals surface area contributed by atoms with Crippen molar-refractivity contribution in [3.8, 4) is 0 Å². The van der Waals surface area contributed by atoms with E-state index in [1.54, 1.807) is 0 Å². The van der Waals surface area contributed by atoms with E-state index in [0.717, 1.165) is 22.5 Å². The number of carbonyl (C=O) groups excluding carboxylic acids is 1. The van der Waals surface area contributed by atoms with Gasteiger partial charge >= 0.3 is 7.60 Å². The van der Waals surface area contributed by atoms with E-state index in [1.165, 1.54) is 0 Å². The van der Waals surface area contributed by atoms with E-state index in [9.17, 15) is 9.36 Å². The zero-order valence-corrected chi connectivity index (χ0v) is 23.8. The second-order valence-electron chi connectivity index (χ2n) is 9.52. The van der Waals surface area contributed by atoms with E-state index in [-0.39, 0.29) is 11.9 Å². The Hall–Kier alpha value is -2.70. The molecule has 3 rings (SSSR count). The van der Waals surface area contributed by atoms with Gasteiger partial charge in [-0.3, -0.25) is 14.3 Å². The Morgan fingerprint density at radius 1 is 0.784 bits per heavy atom. The number of benzene rings is 2. The fourth-order valence-corrected chi connectivity index (χ4v) is 5.88. The van der Waals surface area contributed by atoms with Crippen LogP contribution in [0.25, 0.3) is 12.2 Å². The Morgan fingerprint density at radius 3 is 1.54 bits per heavy atom. The molecule has 0 atom stereocenters. The molecule has 2 aromatic rings. The zero-order valence-electron chi connectivity index (χ0n) is 22.9. The highest BCUT2D eigenvalue weighted by Crippen LogP contribution is 2.47. The second-order valence-corrected chi connectivity index (χ2v) is 11.7. The zero-order chi connectivity index (χ0) is 27.0. The number of carbonyl (C=O) groups is 1. The number of nitrogens with zero attached hydrogens (tertiary/aromatic N) is 3. The fraction of sp³-hybridized carbons (Fsp3) is 0.414. The summed E-state index contributed by atoms with van der Waals surface area (Å²) in [7, 11) is 4.83. The first-order chi connectivity index (χ1) is 17.6. The molecule has 37 heavy (non-hydrogen) atoms. The maximum atomic E-state index is 13.6. The highest BCUT2D eigenvalue weighted by atomic mass is 31.2. The van der Waals surface area contributed by atoms with Gasteiger partial charge in [0, 0.05) is 70.3 Å². The molecule has 0 aliphatic carbocycles. The third-order valence-electron chi connectivity index (χ3n) is 6.21. The largest absolute Gasteiger partial charge is 0.378 e. The summed E-state index contributed by atoms with van der Waals surface area (Å²) in [6.07, 6.45) is 4.20. The maximum Gasteiger partial charge on any atom is 0.331 e. The van der Waals surface area contributed by atoms with Crippen molar-refractivity contribution in [2.45, 2.75) is 13.8 Å². The average molecular weight is 526 g/mol. The van der Waals surface area contributed by atoms with Crippen LogP contribution in [0, 0.1) is 0 Å². The van der Waals surface area contributed by atoms with E-state index < -0.39 is 7.60 Å². The predicted octanol–water partition coefficient (Wildman–Crippen LogP) is 5.44. The Morgan fingerprint density at radius 2 is 1.19 bits per heavy atom. The van der Waals surface area contributed by atoms with Crippen molar-refractivity contribution in [2.75, 3.05) is 77.0 Å². The Bertz CT molecular complexity index is 1070. The van der Waals surface area contributed by atoms with Crippen molar-refractivity contribution in [3.05, 3.63) is 70.8 Å². The molecule has 0 saturated carbocycles.